The van der Waals surface area contributed by atoms with Crippen LogP contribution in [0.4, 0.5) is 10.1 Å². The summed E-state index contributed by atoms with van der Waals surface area (Å²) in [7, 11) is 2.96. The molecule has 22 heavy (non-hydrogen) atoms. The molecule has 7 heteroatoms. The Hall–Kier alpha value is -2.70. The topological polar surface area (TPSA) is 73.2 Å². The molecule has 0 atom stereocenters. The molecule has 1 aromatic carbocycles. The van der Waals surface area contributed by atoms with Gasteiger partial charge in [-0.2, -0.15) is 5.10 Å². The molecule has 0 unspecified atom stereocenters. The molecule has 2 rings (SSSR count). The van der Waals surface area contributed by atoms with Crippen molar-refractivity contribution >= 4 is 17.6 Å². The van der Waals surface area contributed by atoms with Crippen LogP contribution in [0, 0.1) is 5.82 Å². The van der Waals surface area contributed by atoms with Crippen molar-refractivity contribution < 1.29 is 18.7 Å². The lowest BCUT2D eigenvalue weighted by atomic mass is 10.1. The van der Waals surface area contributed by atoms with Crippen molar-refractivity contribution in [2.45, 2.75) is 12.8 Å². The first-order chi connectivity index (χ1) is 10.5. The number of esters is 1. The molecule has 1 heterocycles. The molecule has 1 aromatic heterocycles. The lowest BCUT2D eigenvalue weighted by Gasteiger charge is -2.08. The SMILES string of the molecule is COC(=O)c1cccc(NC(=O)CCc2cnn(C)c2)c1F. The number of nitrogens with one attached hydrogen (secondary N) is 1. The van der Waals surface area contributed by atoms with E-state index in [9.17, 15) is 14.0 Å². The van der Waals surface area contributed by atoms with Gasteiger partial charge in [0.2, 0.25) is 5.91 Å². The van der Waals surface area contributed by atoms with Crippen LogP contribution >= 0.6 is 0 Å². The van der Waals surface area contributed by atoms with E-state index in [1.807, 2.05) is 6.20 Å². The molecule has 0 aliphatic carbocycles. The predicted molar refractivity (Wildman–Crippen MR) is 77.9 cm³/mol. The molecule has 0 bridgehead atoms. The van der Waals surface area contributed by atoms with Gasteiger partial charge in [-0.15, -0.1) is 0 Å². The highest BCUT2D eigenvalue weighted by atomic mass is 19.1. The maximum Gasteiger partial charge on any atom is 0.340 e. The fourth-order valence-electron chi connectivity index (χ4n) is 1.97. The van der Waals surface area contributed by atoms with Crippen LogP contribution in [0.1, 0.15) is 22.3 Å². The van der Waals surface area contributed by atoms with Crippen LogP contribution in [-0.2, 0) is 23.0 Å². The molecule has 0 aliphatic rings. The first kappa shape index (κ1) is 15.7. The van der Waals surface area contributed by atoms with Crippen LogP contribution in [0.5, 0.6) is 0 Å². The number of carbonyl (C=O) groups excluding carboxylic acids is 2. The monoisotopic (exact) mass is 305 g/mol. The second-order valence-corrected chi connectivity index (χ2v) is 4.73. The molecular weight excluding hydrogens is 289 g/mol. The third-order valence-electron chi connectivity index (χ3n) is 3.08. The summed E-state index contributed by atoms with van der Waals surface area (Å²) in [4.78, 5) is 23.3. The molecular formula is C15H16FN3O3. The Kier molecular flexibility index (Phi) is 4.88. The predicted octanol–water partition coefficient (Wildman–Crippen LogP) is 1.92. The average Bonchev–Trinajstić information content (AvgIpc) is 2.92. The Balaban J connectivity index is 2.01. The standard InChI is InChI=1S/C15H16FN3O3/c1-19-9-10(8-17-19)6-7-13(20)18-12-5-3-4-11(14(12)16)15(21)22-2/h3-5,8-9H,6-7H2,1-2H3,(H,18,20). The van der Waals surface area contributed by atoms with Gasteiger partial charge in [-0.05, 0) is 24.1 Å². The van der Waals surface area contributed by atoms with E-state index in [0.29, 0.717) is 6.42 Å². The van der Waals surface area contributed by atoms with E-state index in [-0.39, 0.29) is 23.6 Å². The fraction of sp³-hybridized carbons (Fsp3) is 0.267. The number of aryl methyl sites for hydroxylation is 2. The fourth-order valence-corrected chi connectivity index (χ4v) is 1.97. The zero-order chi connectivity index (χ0) is 16.1. The Bertz CT molecular complexity index is 697. The number of anilines is 1. The van der Waals surface area contributed by atoms with Crippen molar-refractivity contribution in [2.75, 3.05) is 12.4 Å². The zero-order valence-electron chi connectivity index (χ0n) is 12.3. The minimum Gasteiger partial charge on any atom is -0.465 e. The van der Waals surface area contributed by atoms with Gasteiger partial charge in [0.25, 0.3) is 0 Å². The van der Waals surface area contributed by atoms with Gasteiger partial charge in [-0.1, -0.05) is 6.07 Å². The molecule has 2 aromatic rings. The largest absolute Gasteiger partial charge is 0.465 e. The molecule has 0 saturated carbocycles. The highest BCUT2D eigenvalue weighted by molar-refractivity contribution is 5.95. The van der Waals surface area contributed by atoms with Crippen molar-refractivity contribution in [3.63, 3.8) is 0 Å². The summed E-state index contributed by atoms with van der Waals surface area (Å²) < 4.78 is 20.2. The Morgan fingerprint density at radius 1 is 1.41 bits per heavy atom. The number of hydrogen-bond acceptors (Lipinski definition) is 4. The number of rotatable bonds is 5. The smallest absolute Gasteiger partial charge is 0.340 e. The summed E-state index contributed by atoms with van der Waals surface area (Å²) >= 11 is 0. The zero-order valence-corrected chi connectivity index (χ0v) is 12.3. The summed E-state index contributed by atoms with van der Waals surface area (Å²) in [5.41, 5.74) is 0.660. The van der Waals surface area contributed by atoms with E-state index >= 15 is 0 Å². The van der Waals surface area contributed by atoms with Crippen molar-refractivity contribution in [1.29, 1.82) is 0 Å². The summed E-state index contributed by atoms with van der Waals surface area (Å²) in [5.74, 6) is -1.93. The van der Waals surface area contributed by atoms with Gasteiger partial charge in [-0.25, -0.2) is 9.18 Å². The van der Waals surface area contributed by atoms with Gasteiger partial charge in [0.05, 0.1) is 24.6 Å². The normalized spacial score (nSPS) is 10.3. The van der Waals surface area contributed by atoms with Gasteiger partial charge in [-0.3, -0.25) is 9.48 Å². The number of aromatic nitrogens is 2. The third-order valence-corrected chi connectivity index (χ3v) is 3.08. The average molecular weight is 305 g/mol. The first-order valence-corrected chi connectivity index (χ1v) is 6.65. The minimum atomic E-state index is -0.802. The van der Waals surface area contributed by atoms with Crippen LogP contribution in [0.15, 0.2) is 30.6 Å². The number of amides is 1. The molecule has 6 nitrogen and oxygen atoms in total. The van der Waals surface area contributed by atoms with Crippen LogP contribution in [0.3, 0.4) is 0 Å². The van der Waals surface area contributed by atoms with Gasteiger partial charge < -0.3 is 10.1 Å². The van der Waals surface area contributed by atoms with Crippen molar-refractivity contribution in [1.82, 2.24) is 9.78 Å². The maximum atomic E-state index is 14.1. The van der Waals surface area contributed by atoms with E-state index in [1.54, 1.807) is 17.9 Å². The van der Waals surface area contributed by atoms with Gasteiger partial charge in [0.1, 0.15) is 0 Å². The van der Waals surface area contributed by atoms with E-state index in [1.165, 1.54) is 25.3 Å². The lowest BCUT2D eigenvalue weighted by Crippen LogP contribution is -2.15. The Morgan fingerprint density at radius 2 is 2.18 bits per heavy atom. The highest BCUT2D eigenvalue weighted by Gasteiger charge is 2.16. The van der Waals surface area contributed by atoms with Crippen molar-refractivity contribution in [3.8, 4) is 0 Å². The van der Waals surface area contributed by atoms with E-state index in [2.05, 4.69) is 15.2 Å². The van der Waals surface area contributed by atoms with Gasteiger partial charge in [0, 0.05) is 19.7 Å². The molecule has 0 aliphatic heterocycles. The number of hydrogen-bond donors (Lipinski definition) is 1. The number of halogens is 1. The lowest BCUT2D eigenvalue weighted by molar-refractivity contribution is -0.116. The Labute approximate surface area is 126 Å². The van der Waals surface area contributed by atoms with Crippen molar-refractivity contribution in [3.05, 3.63) is 47.5 Å². The molecule has 116 valence electrons. The molecule has 0 saturated heterocycles. The molecule has 0 radical (unpaired) electrons. The minimum absolute atomic E-state index is 0.0425. The van der Waals surface area contributed by atoms with Gasteiger partial charge >= 0.3 is 5.97 Å². The Morgan fingerprint density at radius 3 is 2.82 bits per heavy atom. The second kappa shape index (κ2) is 6.84. The summed E-state index contributed by atoms with van der Waals surface area (Å²) in [5, 5.41) is 6.46. The van der Waals surface area contributed by atoms with Crippen LogP contribution in [0.25, 0.3) is 0 Å². The van der Waals surface area contributed by atoms with E-state index in [4.69, 9.17) is 0 Å². The molecule has 0 fully saturated rings. The number of benzene rings is 1. The number of methoxy groups -OCH3 is 1. The molecule has 1 N–H and O–H groups in total. The number of ether oxygens (including phenoxy) is 1. The molecule has 1 amide bonds. The summed E-state index contributed by atoms with van der Waals surface area (Å²) in [6, 6.07) is 4.17. The first-order valence-electron chi connectivity index (χ1n) is 6.65. The maximum absolute atomic E-state index is 14.1. The molecule has 0 spiro atoms. The summed E-state index contributed by atoms with van der Waals surface area (Å²) in [6.07, 6.45) is 4.17. The number of carbonyl (C=O) groups is 2. The van der Waals surface area contributed by atoms with Crippen LogP contribution < -0.4 is 5.32 Å². The van der Waals surface area contributed by atoms with Gasteiger partial charge in [0.15, 0.2) is 5.82 Å². The van der Waals surface area contributed by atoms with Crippen molar-refractivity contribution in [2.24, 2.45) is 7.05 Å². The van der Waals surface area contributed by atoms with Crippen LogP contribution in [0.2, 0.25) is 0 Å². The summed E-state index contributed by atoms with van der Waals surface area (Å²) in [6.45, 7) is 0. The highest BCUT2D eigenvalue weighted by Crippen LogP contribution is 2.19. The van der Waals surface area contributed by atoms with Crippen LogP contribution in [-0.4, -0.2) is 28.8 Å². The van der Waals surface area contributed by atoms with E-state index < -0.39 is 11.8 Å². The third kappa shape index (κ3) is 3.69. The number of nitrogens with zero attached hydrogens (tertiary/aromatic N) is 2. The second-order valence-electron chi connectivity index (χ2n) is 4.73. The van der Waals surface area contributed by atoms with E-state index in [0.717, 1.165) is 5.56 Å². The quantitative estimate of drug-likeness (QED) is 0.857.